The molecule has 0 saturated heterocycles. The second-order valence-electron chi connectivity index (χ2n) is 3.36. The van der Waals surface area contributed by atoms with Crippen LogP contribution in [0.5, 0.6) is 0 Å². The number of anilines is 1. The number of halogens is 1. The highest BCUT2D eigenvalue weighted by Gasteiger charge is 2.07. The Kier molecular flexibility index (Phi) is 2.78. The number of benzene rings is 1. The van der Waals surface area contributed by atoms with Crippen LogP contribution in [0.25, 0.3) is 10.9 Å². The first-order valence-corrected chi connectivity index (χ1v) is 5.43. The molecule has 0 unspecified atom stereocenters. The Bertz CT molecular complexity index is 569. The highest BCUT2D eigenvalue weighted by Crippen LogP contribution is 2.26. The number of carboxylic acid groups (broad SMARTS) is 1. The summed E-state index contributed by atoms with van der Waals surface area (Å²) in [5.74, 6) is 0. The lowest BCUT2D eigenvalue weighted by Gasteiger charge is -2.07. The minimum Gasteiger partial charge on any atom is -0.465 e. The smallest absolute Gasteiger partial charge is 0.409 e. The van der Waals surface area contributed by atoms with Crippen LogP contribution in [0.4, 0.5) is 10.5 Å². The van der Waals surface area contributed by atoms with Gasteiger partial charge in [0.05, 0.1) is 16.9 Å². The third kappa shape index (κ3) is 1.99. The van der Waals surface area contributed by atoms with Crippen LogP contribution in [0.15, 0.2) is 28.7 Å². The molecular formula is C11H9BrN2O2. The fourth-order valence-corrected chi connectivity index (χ4v) is 1.97. The first-order valence-electron chi connectivity index (χ1n) is 4.64. The summed E-state index contributed by atoms with van der Waals surface area (Å²) >= 11 is 3.41. The number of aromatic nitrogens is 1. The standard InChI is InChI=1S/C11H9BrN2O2/c1-6-9(14-11(15)16)5-7-3-2-4-8(12)10(7)13-6/h2-5,14H,1H3,(H,15,16). The van der Waals surface area contributed by atoms with Crippen LogP contribution < -0.4 is 5.32 Å². The van der Waals surface area contributed by atoms with Gasteiger partial charge in [-0.15, -0.1) is 0 Å². The number of pyridine rings is 1. The lowest BCUT2D eigenvalue weighted by molar-refractivity contribution is 0.209. The van der Waals surface area contributed by atoms with Gasteiger partial charge in [0.1, 0.15) is 0 Å². The van der Waals surface area contributed by atoms with E-state index in [1.54, 1.807) is 13.0 Å². The van der Waals surface area contributed by atoms with Gasteiger partial charge in [-0.05, 0) is 35.0 Å². The average Bonchev–Trinajstić information content (AvgIpc) is 2.20. The maximum absolute atomic E-state index is 10.6. The Balaban J connectivity index is 2.63. The Morgan fingerprint density at radius 2 is 2.25 bits per heavy atom. The van der Waals surface area contributed by atoms with Crippen molar-refractivity contribution in [2.45, 2.75) is 6.92 Å². The molecule has 0 aliphatic rings. The monoisotopic (exact) mass is 280 g/mol. The second-order valence-corrected chi connectivity index (χ2v) is 4.22. The minimum absolute atomic E-state index is 0.512. The molecule has 0 aliphatic carbocycles. The number of nitrogens with one attached hydrogen (secondary N) is 1. The largest absolute Gasteiger partial charge is 0.465 e. The molecule has 5 heteroatoms. The van der Waals surface area contributed by atoms with Gasteiger partial charge in [-0.1, -0.05) is 12.1 Å². The van der Waals surface area contributed by atoms with E-state index in [0.29, 0.717) is 11.4 Å². The Morgan fingerprint density at radius 3 is 2.94 bits per heavy atom. The van der Waals surface area contributed by atoms with Crippen molar-refractivity contribution < 1.29 is 9.90 Å². The summed E-state index contributed by atoms with van der Waals surface area (Å²) in [6.45, 7) is 1.77. The van der Waals surface area contributed by atoms with Gasteiger partial charge in [0.2, 0.25) is 0 Å². The molecule has 2 aromatic rings. The maximum Gasteiger partial charge on any atom is 0.409 e. The van der Waals surface area contributed by atoms with E-state index in [0.717, 1.165) is 15.4 Å². The molecule has 82 valence electrons. The highest BCUT2D eigenvalue weighted by molar-refractivity contribution is 9.10. The van der Waals surface area contributed by atoms with Crippen molar-refractivity contribution in [1.82, 2.24) is 4.98 Å². The molecule has 1 aromatic heterocycles. The molecule has 0 aliphatic heterocycles. The van der Waals surface area contributed by atoms with Crippen LogP contribution in [0, 0.1) is 6.92 Å². The molecule has 0 atom stereocenters. The molecule has 0 spiro atoms. The molecule has 16 heavy (non-hydrogen) atoms. The van der Waals surface area contributed by atoms with Crippen molar-refractivity contribution in [3.8, 4) is 0 Å². The van der Waals surface area contributed by atoms with Gasteiger partial charge < -0.3 is 5.11 Å². The maximum atomic E-state index is 10.6. The zero-order valence-corrected chi connectivity index (χ0v) is 10.1. The van der Waals surface area contributed by atoms with Crippen LogP contribution in [0.2, 0.25) is 0 Å². The Hall–Kier alpha value is -1.62. The van der Waals surface area contributed by atoms with Crippen molar-refractivity contribution in [2.75, 3.05) is 5.32 Å². The zero-order chi connectivity index (χ0) is 11.7. The fraction of sp³-hybridized carbons (Fsp3) is 0.0909. The first-order chi connectivity index (χ1) is 7.58. The summed E-state index contributed by atoms with van der Waals surface area (Å²) in [7, 11) is 0. The Morgan fingerprint density at radius 1 is 1.50 bits per heavy atom. The fourth-order valence-electron chi connectivity index (χ4n) is 1.50. The predicted molar refractivity (Wildman–Crippen MR) is 65.8 cm³/mol. The predicted octanol–water partition coefficient (Wildman–Crippen LogP) is 3.40. The molecule has 4 nitrogen and oxygen atoms in total. The zero-order valence-electron chi connectivity index (χ0n) is 8.49. The summed E-state index contributed by atoms with van der Waals surface area (Å²) in [4.78, 5) is 14.9. The summed E-state index contributed by atoms with van der Waals surface area (Å²) in [6, 6.07) is 7.45. The third-order valence-electron chi connectivity index (χ3n) is 2.23. The molecule has 2 N–H and O–H groups in total. The SMILES string of the molecule is Cc1nc2c(Br)cccc2cc1NC(=O)O. The van der Waals surface area contributed by atoms with E-state index < -0.39 is 6.09 Å². The number of nitrogens with zero attached hydrogens (tertiary/aromatic N) is 1. The lowest BCUT2D eigenvalue weighted by Crippen LogP contribution is -2.09. The van der Waals surface area contributed by atoms with Crippen molar-refractivity contribution in [1.29, 1.82) is 0 Å². The number of hydrogen-bond donors (Lipinski definition) is 2. The molecule has 0 fully saturated rings. The Labute approximate surface area is 100 Å². The quantitative estimate of drug-likeness (QED) is 0.842. The van der Waals surface area contributed by atoms with Crippen LogP contribution in [-0.4, -0.2) is 16.2 Å². The normalized spacial score (nSPS) is 10.4. The number of fused-ring (bicyclic) bond motifs is 1. The van der Waals surface area contributed by atoms with Crippen molar-refractivity contribution in [3.63, 3.8) is 0 Å². The molecule has 0 saturated carbocycles. The van der Waals surface area contributed by atoms with Crippen molar-refractivity contribution >= 4 is 38.6 Å². The average molecular weight is 281 g/mol. The van der Waals surface area contributed by atoms with Gasteiger partial charge in [-0.3, -0.25) is 5.32 Å². The van der Waals surface area contributed by atoms with E-state index >= 15 is 0 Å². The number of amides is 1. The van der Waals surface area contributed by atoms with E-state index in [1.807, 2.05) is 18.2 Å². The number of rotatable bonds is 1. The topological polar surface area (TPSA) is 62.2 Å². The van der Waals surface area contributed by atoms with Gasteiger partial charge in [-0.2, -0.15) is 0 Å². The van der Waals surface area contributed by atoms with Crippen LogP contribution in [-0.2, 0) is 0 Å². The minimum atomic E-state index is -1.08. The van der Waals surface area contributed by atoms with Gasteiger partial charge in [-0.25, -0.2) is 9.78 Å². The number of carbonyl (C=O) groups is 1. The van der Waals surface area contributed by atoms with E-state index in [-0.39, 0.29) is 0 Å². The van der Waals surface area contributed by atoms with E-state index in [2.05, 4.69) is 26.2 Å². The number of aryl methyl sites for hydroxylation is 1. The molecule has 0 bridgehead atoms. The highest BCUT2D eigenvalue weighted by atomic mass is 79.9. The number of para-hydroxylation sites is 1. The van der Waals surface area contributed by atoms with Gasteiger partial charge >= 0.3 is 6.09 Å². The van der Waals surface area contributed by atoms with E-state index in [1.165, 1.54) is 0 Å². The molecule has 1 amide bonds. The molecule has 0 radical (unpaired) electrons. The molecule has 1 heterocycles. The first kappa shape index (κ1) is 10.9. The van der Waals surface area contributed by atoms with Gasteiger partial charge in [0.15, 0.2) is 0 Å². The number of hydrogen-bond acceptors (Lipinski definition) is 2. The summed E-state index contributed by atoms with van der Waals surface area (Å²) < 4.78 is 0.898. The van der Waals surface area contributed by atoms with Crippen molar-refractivity contribution in [3.05, 3.63) is 34.4 Å². The summed E-state index contributed by atoms with van der Waals surface area (Å²) in [5.41, 5.74) is 2.00. The molecular weight excluding hydrogens is 272 g/mol. The van der Waals surface area contributed by atoms with Gasteiger partial charge in [0.25, 0.3) is 0 Å². The van der Waals surface area contributed by atoms with Crippen LogP contribution in [0.1, 0.15) is 5.69 Å². The van der Waals surface area contributed by atoms with E-state index in [4.69, 9.17) is 5.11 Å². The van der Waals surface area contributed by atoms with Gasteiger partial charge in [0, 0.05) is 9.86 Å². The van der Waals surface area contributed by atoms with Crippen LogP contribution >= 0.6 is 15.9 Å². The van der Waals surface area contributed by atoms with Crippen LogP contribution in [0.3, 0.4) is 0 Å². The second kappa shape index (κ2) is 4.09. The summed E-state index contributed by atoms with van der Waals surface area (Å²) in [5, 5.41) is 11.9. The lowest BCUT2D eigenvalue weighted by atomic mass is 10.2. The van der Waals surface area contributed by atoms with Crippen molar-refractivity contribution in [2.24, 2.45) is 0 Å². The summed E-state index contributed by atoms with van der Waals surface area (Å²) in [6.07, 6.45) is -1.08. The third-order valence-corrected chi connectivity index (χ3v) is 2.87. The molecule has 1 aromatic carbocycles. The van der Waals surface area contributed by atoms with E-state index in [9.17, 15) is 4.79 Å². The molecule has 2 rings (SSSR count).